The maximum absolute atomic E-state index is 12.3. The zero-order chi connectivity index (χ0) is 21.8. The molecular weight excluding hydrogens is 392 g/mol. The summed E-state index contributed by atoms with van der Waals surface area (Å²) in [5.41, 5.74) is 10.7. The minimum absolute atomic E-state index is 0.0798. The maximum Gasteiger partial charge on any atom is 0.320 e. The smallest absolute Gasteiger partial charge is 0.320 e. The highest BCUT2D eigenvalue weighted by Gasteiger charge is 2.25. The molecule has 3 N–H and O–H groups in total. The number of anilines is 3. The van der Waals surface area contributed by atoms with Gasteiger partial charge in [-0.3, -0.25) is 9.69 Å². The van der Waals surface area contributed by atoms with Gasteiger partial charge in [-0.2, -0.15) is 9.97 Å². The van der Waals surface area contributed by atoms with Crippen LogP contribution in [-0.2, 0) is 24.3 Å². The van der Waals surface area contributed by atoms with Crippen LogP contribution < -0.4 is 20.7 Å². The van der Waals surface area contributed by atoms with E-state index in [2.05, 4.69) is 57.1 Å². The lowest BCUT2D eigenvalue weighted by Gasteiger charge is -2.29. The lowest BCUT2D eigenvalue weighted by atomic mass is 9.97. The summed E-state index contributed by atoms with van der Waals surface area (Å²) >= 11 is 0. The maximum atomic E-state index is 12.3. The molecule has 3 heterocycles. The van der Waals surface area contributed by atoms with Gasteiger partial charge in [-0.1, -0.05) is 38.5 Å². The van der Waals surface area contributed by atoms with Gasteiger partial charge in [0.15, 0.2) is 11.6 Å². The van der Waals surface area contributed by atoms with E-state index in [4.69, 9.17) is 10.5 Å². The van der Waals surface area contributed by atoms with Crippen LogP contribution in [0, 0.1) is 0 Å². The monoisotopic (exact) mass is 424 g/mol. The van der Waals surface area contributed by atoms with Gasteiger partial charge in [-0.15, -0.1) is 0 Å². The first-order chi connectivity index (χ1) is 15.1. The Morgan fingerprint density at radius 3 is 2.84 bits per heavy atom. The number of benzene rings is 1. The predicted molar refractivity (Wildman–Crippen MR) is 122 cm³/mol. The van der Waals surface area contributed by atoms with Gasteiger partial charge in [0, 0.05) is 32.6 Å². The highest BCUT2D eigenvalue weighted by molar-refractivity contribution is 5.98. The van der Waals surface area contributed by atoms with Crippen molar-refractivity contribution in [1.29, 1.82) is 0 Å². The van der Waals surface area contributed by atoms with E-state index in [0.29, 0.717) is 37.6 Å². The van der Waals surface area contributed by atoms with Crippen molar-refractivity contribution >= 4 is 23.2 Å². The van der Waals surface area contributed by atoms with E-state index in [9.17, 15) is 4.79 Å². The van der Waals surface area contributed by atoms with Crippen molar-refractivity contribution in [2.75, 3.05) is 42.2 Å². The number of fused-ring (bicyclic) bond motifs is 2. The summed E-state index contributed by atoms with van der Waals surface area (Å²) in [5, 5.41) is 2.87. The molecule has 2 aliphatic heterocycles. The Kier molecular flexibility index (Phi) is 6.56. The fraction of sp³-hybridized carbons (Fsp3) is 0.522. The Balaban J connectivity index is 1.60. The van der Waals surface area contributed by atoms with E-state index < -0.39 is 0 Å². The Hall–Kier alpha value is -2.87. The number of nitrogens with one attached hydrogen (secondary N) is 1. The van der Waals surface area contributed by atoms with Crippen molar-refractivity contribution in [2.24, 2.45) is 0 Å². The number of ether oxygens (including phenoxy) is 1. The Labute approximate surface area is 183 Å². The van der Waals surface area contributed by atoms with E-state index in [1.54, 1.807) is 0 Å². The normalized spacial score (nSPS) is 16.3. The predicted octanol–water partition coefficient (Wildman–Crippen LogP) is 2.96. The number of nitrogen functional groups attached to an aromatic ring is 1. The summed E-state index contributed by atoms with van der Waals surface area (Å²) in [4.78, 5) is 25.7. The fourth-order valence-electron chi connectivity index (χ4n) is 4.12. The van der Waals surface area contributed by atoms with E-state index in [1.807, 2.05) is 0 Å². The van der Waals surface area contributed by atoms with Gasteiger partial charge in [0.1, 0.15) is 5.69 Å². The molecule has 2 aromatic rings. The second-order valence-corrected chi connectivity index (χ2v) is 8.23. The standard InChI is InChI=1S/C23H32N6O2/c1-3-5-12-31-23-26-21(24)20-22(27-23)29(11-9-19(30)25-20)14-16-6-7-18-15-28(4-2)10-8-17(18)13-16/h6-7,13H,3-5,8-12,14-15H2,1-2H3,(H,25,30)(H2,24,26,27). The first-order valence-corrected chi connectivity index (χ1v) is 11.3. The van der Waals surface area contributed by atoms with Gasteiger partial charge in [0.05, 0.1) is 6.61 Å². The minimum Gasteiger partial charge on any atom is -0.463 e. The fourth-order valence-corrected chi connectivity index (χ4v) is 4.12. The largest absolute Gasteiger partial charge is 0.463 e. The molecule has 0 aliphatic carbocycles. The lowest BCUT2D eigenvalue weighted by molar-refractivity contribution is -0.115. The van der Waals surface area contributed by atoms with Crippen molar-refractivity contribution in [3.05, 3.63) is 34.9 Å². The zero-order valence-corrected chi connectivity index (χ0v) is 18.5. The van der Waals surface area contributed by atoms with Gasteiger partial charge in [0.25, 0.3) is 0 Å². The Bertz CT molecular complexity index is 948. The number of hydrogen-bond donors (Lipinski definition) is 2. The van der Waals surface area contributed by atoms with Gasteiger partial charge in [0.2, 0.25) is 5.91 Å². The number of likely N-dealkylation sites (N-methyl/N-ethyl adjacent to an activating group) is 1. The van der Waals surface area contributed by atoms with E-state index in [0.717, 1.165) is 38.9 Å². The summed E-state index contributed by atoms with van der Waals surface area (Å²) < 4.78 is 5.71. The van der Waals surface area contributed by atoms with Crippen molar-refractivity contribution in [1.82, 2.24) is 14.9 Å². The van der Waals surface area contributed by atoms with Gasteiger partial charge < -0.3 is 20.7 Å². The van der Waals surface area contributed by atoms with Crippen LogP contribution in [0.25, 0.3) is 0 Å². The third-order valence-electron chi connectivity index (χ3n) is 5.98. The molecule has 0 saturated heterocycles. The van der Waals surface area contributed by atoms with Crippen LogP contribution in [0.3, 0.4) is 0 Å². The second kappa shape index (κ2) is 9.51. The zero-order valence-electron chi connectivity index (χ0n) is 18.5. The average molecular weight is 425 g/mol. The molecule has 0 unspecified atom stereocenters. The molecule has 31 heavy (non-hydrogen) atoms. The van der Waals surface area contributed by atoms with Gasteiger partial charge in [-0.05, 0) is 36.1 Å². The number of aromatic nitrogens is 2. The van der Waals surface area contributed by atoms with E-state index in [-0.39, 0.29) is 17.7 Å². The molecule has 8 heteroatoms. The van der Waals surface area contributed by atoms with Crippen LogP contribution in [-0.4, -0.2) is 47.0 Å². The Morgan fingerprint density at radius 1 is 1.16 bits per heavy atom. The SMILES string of the molecule is CCCCOc1nc(N)c2c(n1)N(Cc1ccc3c(c1)CCN(CC)C3)CCC(=O)N2. The molecule has 1 amide bonds. The number of nitrogens with two attached hydrogens (primary N) is 1. The molecule has 0 radical (unpaired) electrons. The number of amides is 1. The molecule has 8 nitrogen and oxygen atoms in total. The summed E-state index contributed by atoms with van der Waals surface area (Å²) in [6.07, 6.45) is 3.39. The van der Waals surface area contributed by atoms with Gasteiger partial charge >= 0.3 is 6.01 Å². The van der Waals surface area contributed by atoms with Crippen LogP contribution >= 0.6 is 0 Å². The second-order valence-electron chi connectivity index (χ2n) is 8.23. The van der Waals surface area contributed by atoms with Crippen molar-refractivity contribution in [3.8, 4) is 6.01 Å². The third kappa shape index (κ3) is 4.90. The number of nitrogens with zero attached hydrogens (tertiary/aromatic N) is 4. The molecule has 4 rings (SSSR count). The average Bonchev–Trinajstić information content (AvgIpc) is 2.93. The summed E-state index contributed by atoms with van der Waals surface area (Å²) in [6.45, 7) is 9.25. The van der Waals surface area contributed by atoms with Crippen molar-refractivity contribution in [3.63, 3.8) is 0 Å². The van der Waals surface area contributed by atoms with Crippen LogP contribution in [0.4, 0.5) is 17.3 Å². The summed E-state index contributed by atoms with van der Waals surface area (Å²) in [6, 6.07) is 6.98. The number of rotatable bonds is 7. The molecule has 1 aromatic heterocycles. The number of carbonyl (C=O) groups is 1. The minimum atomic E-state index is -0.0798. The van der Waals surface area contributed by atoms with E-state index in [1.165, 1.54) is 16.7 Å². The number of carbonyl (C=O) groups excluding carboxylic acids is 1. The summed E-state index contributed by atoms with van der Waals surface area (Å²) in [5.74, 6) is 0.783. The first-order valence-electron chi connectivity index (χ1n) is 11.3. The summed E-state index contributed by atoms with van der Waals surface area (Å²) in [7, 11) is 0. The topological polar surface area (TPSA) is 96.6 Å². The molecule has 0 spiro atoms. The lowest BCUT2D eigenvalue weighted by Crippen LogP contribution is -2.30. The van der Waals surface area contributed by atoms with Crippen LogP contribution in [0.15, 0.2) is 18.2 Å². The molecular formula is C23H32N6O2. The number of hydrogen-bond acceptors (Lipinski definition) is 7. The van der Waals surface area contributed by atoms with Gasteiger partial charge in [-0.25, -0.2) is 0 Å². The number of unbranched alkanes of at least 4 members (excludes halogenated alkanes) is 1. The molecule has 166 valence electrons. The molecule has 0 atom stereocenters. The molecule has 0 fully saturated rings. The van der Waals surface area contributed by atoms with Crippen molar-refractivity contribution < 1.29 is 9.53 Å². The third-order valence-corrected chi connectivity index (χ3v) is 5.98. The van der Waals surface area contributed by atoms with Crippen LogP contribution in [0.2, 0.25) is 0 Å². The van der Waals surface area contributed by atoms with Crippen molar-refractivity contribution in [2.45, 2.75) is 52.6 Å². The highest BCUT2D eigenvalue weighted by atomic mass is 16.5. The highest BCUT2D eigenvalue weighted by Crippen LogP contribution is 2.34. The van der Waals surface area contributed by atoms with Crippen LogP contribution in [0.1, 0.15) is 49.8 Å². The van der Waals surface area contributed by atoms with Crippen LogP contribution in [0.5, 0.6) is 6.01 Å². The molecule has 0 saturated carbocycles. The molecule has 2 aliphatic rings. The Morgan fingerprint density at radius 2 is 2.03 bits per heavy atom. The quantitative estimate of drug-likeness (QED) is 0.660. The molecule has 1 aromatic carbocycles. The van der Waals surface area contributed by atoms with E-state index >= 15 is 0 Å². The first kappa shape index (κ1) is 21.4. The molecule has 0 bridgehead atoms.